The average molecular weight is 197 g/mol. The van der Waals surface area contributed by atoms with Crippen molar-refractivity contribution in [2.24, 2.45) is 10.8 Å². The van der Waals surface area contributed by atoms with Crippen molar-refractivity contribution < 1.29 is 4.79 Å². The van der Waals surface area contributed by atoms with E-state index in [1.54, 1.807) is 6.92 Å². The number of nitrogens with one attached hydrogen (secondary N) is 1. The highest BCUT2D eigenvalue weighted by atomic mass is 16.1. The van der Waals surface area contributed by atoms with Gasteiger partial charge in [0.2, 0.25) is 5.91 Å². The van der Waals surface area contributed by atoms with Gasteiger partial charge in [-0.25, -0.2) is 0 Å². The highest BCUT2D eigenvalue weighted by molar-refractivity contribution is 5.73. The Morgan fingerprint density at radius 1 is 1.29 bits per heavy atom. The van der Waals surface area contributed by atoms with E-state index in [0.29, 0.717) is 0 Å². The molecule has 0 saturated heterocycles. The predicted molar refractivity (Wildman–Crippen MR) is 61.0 cm³/mol. The van der Waals surface area contributed by atoms with Crippen LogP contribution in [0.2, 0.25) is 0 Å². The van der Waals surface area contributed by atoms with Gasteiger partial charge in [0, 0.05) is 18.4 Å². The van der Waals surface area contributed by atoms with Crippen LogP contribution in [0.3, 0.4) is 0 Å². The predicted octanol–water partition coefficient (Wildman–Crippen LogP) is 2.75. The summed E-state index contributed by atoms with van der Waals surface area (Å²) in [5.74, 6) is 0.0138. The van der Waals surface area contributed by atoms with Gasteiger partial charge in [-0.15, -0.1) is 6.58 Å². The third-order valence-electron chi connectivity index (χ3n) is 2.48. The number of rotatable bonds is 3. The largest absolute Gasteiger partial charge is 0.352 e. The lowest BCUT2D eigenvalue weighted by Crippen LogP contribution is -2.51. The summed E-state index contributed by atoms with van der Waals surface area (Å²) in [4.78, 5) is 11.1. The highest BCUT2D eigenvalue weighted by Gasteiger charge is 2.36. The molecule has 1 amide bonds. The van der Waals surface area contributed by atoms with Crippen molar-refractivity contribution in [1.82, 2.24) is 5.32 Å². The summed E-state index contributed by atoms with van der Waals surface area (Å²) in [7, 11) is 0. The molecule has 0 radical (unpaired) electrons. The van der Waals surface area contributed by atoms with E-state index < -0.39 is 0 Å². The average Bonchev–Trinajstić information content (AvgIpc) is 1.98. The lowest BCUT2D eigenvalue weighted by Gasteiger charge is -2.41. The quantitative estimate of drug-likeness (QED) is 0.692. The van der Waals surface area contributed by atoms with Gasteiger partial charge in [-0.1, -0.05) is 40.7 Å². The molecule has 0 aliphatic heterocycles. The van der Waals surface area contributed by atoms with Crippen molar-refractivity contribution in [2.45, 2.75) is 47.6 Å². The molecule has 0 aromatic rings. The summed E-state index contributed by atoms with van der Waals surface area (Å²) in [6, 6.07) is 0.102. The second-order valence-corrected chi connectivity index (χ2v) is 5.53. The summed E-state index contributed by atoms with van der Waals surface area (Å²) in [6.07, 6.45) is 1.90. The first-order valence-corrected chi connectivity index (χ1v) is 5.02. The zero-order valence-electron chi connectivity index (χ0n) is 10.3. The van der Waals surface area contributed by atoms with E-state index in [2.05, 4.69) is 46.5 Å². The SMILES string of the molecule is C=CC(C)(C)C(NC(C)=O)C(C)(C)C. The van der Waals surface area contributed by atoms with Crippen LogP contribution in [0.25, 0.3) is 0 Å². The van der Waals surface area contributed by atoms with Crippen LogP contribution in [0.1, 0.15) is 41.5 Å². The molecular formula is C12H23NO. The molecule has 0 spiro atoms. The minimum Gasteiger partial charge on any atom is -0.352 e. The zero-order chi connectivity index (χ0) is 11.6. The molecule has 0 saturated carbocycles. The molecule has 0 heterocycles. The van der Waals surface area contributed by atoms with E-state index in [0.717, 1.165) is 0 Å². The van der Waals surface area contributed by atoms with Crippen LogP contribution >= 0.6 is 0 Å². The van der Waals surface area contributed by atoms with Crippen LogP contribution in [0, 0.1) is 10.8 Å². The van der Waals surface area contributed by atoms with Crippen LogP contribution in [-0.2, 0) is 4.79 Å². The standard InChI is InChI=1S/C12H23NO/c1-8-12(6,7)10(11(3,4)5)13-9(2)14/h8,10H,1H2,2-7H3,(H,13,14). The lowest BCUT2D eigenvalue weighted by molar-refractivity contribution is -0.121. The van der Waals surface area contributed by atoms with Crippen molar-refractivity contribution >= 4 is 5.91 Å². The Balaban J connectivity index is 4.91. The van der Waals surface area contributed by atoms with E-state index in [4.69, 9.17) is 0 Å². The number of carbonyl (C=O) groups is 1. The van der Waals surface area contributed by atoms with Gasteiger partial charge in [0.15, 0.2) is 0 Å². The number of hydrogen-bond acceptors (Lipinski definition) is 1. The summed E-state index contributed by atoms with van der Waals surface area (Å²) in [6.45, 7) is 15.9. The Bertz CT molecular complexity index is 223. The molecule has 1 N–H and O–H groups in total. The topological polar surface area (TPSA) is 29.1 Å². The van der Waals surface area contributed by atoms with Gasteiger partial charge >= 0.3 is 0 Å². The van der Waals surface area contributed by atoms with E-state index in [1.165, 1.54) is 0 Å². The summed E-state index contributed by atoms with van der Waals surface area (Å²) in [5.41, 5.74) is -0.0622. The van der Waals surface area contributed by atoms with Gasteiger partial charge in [0.1, 0.15) is 0 Å². The summed E-state index contributed by atoms with van der Waals surface area (Å²) >= 11 is 0. The molecule has 0 rings (SSSR count). The molecule has 2 heteroatoms. The van der Waals surface area contributed by atoms with Crippen molar-refractivity contribution in [3.63, 3.8) is 0 Å². The Hall–Kier alpha value is -0.790. The Morgan fingerprint density at radius 3 is 1.93 bits per heavy atom. The normalized spacial score (nSPS) is 14.7. The Morgan fingerprint density at radius 2 is 1.71 bits per heavy atom. The van der Waals surface area contributed by atoms with Gasteiger partial charge in [-0.2, -0.15) is 0 Å². The van der Waals surface area contributed by atoms with Gasteiger partial charge < -0.3 is 5.32 Å². The second-order valence-electron chi connectivity index (χ2n) is 5.53. The third kappa shape index (κ3) is 3.52. The molecule has 82 valence electrons. The fourth-order valence-corrected chi connectivity index (χ4v) is 1.84. The van der Waals surface area contributed by atoms with Crippen LogP contribution in [-0.4, -0.2) is 11.9 Å². The monoisotopic (exact) mass is 197 g/mol. The van der Waals surface area contributed by atoms with Crippen LogP contribution in [0.15, 0.2) is 12.7 Å². The summed E-state index contributed by atoms with van der Waals surface area (Å²) < 4.78 is 0. The molecule has 1 atom stereocenters. The van der Waals surface area contributed by atoms with Crippen LogP contribution < -0.4 is 5.32 Å². The van der Waals surface area contributed by atoms with Crippen LogP contribution in [0.5, 0.6) is 0 Å². The first-order chi connectivity index (χ1) is 6.11. The maximum atomic E-state index is 11.1. The molecule has 0 aromatic heterocycles. The molecule has 0 fully saturated rings. The van der Waals surface area contributed by atoms with E-state index in [9.17, 15) is 4.79 Å². The zero-order valence-corrected chi connectivity index (χ0v) is 10.3. The molecule has 1 unspecified atom stereocenters. The number of amides is 1. The second kappa shape index (κ2) is 4.16. The van der Waals surface area contributed by atoms with E-state index in [-0.39, 0.29) is 22.8 Å². The molecule has 0 aliphatic carbocycles. The first-order valence-electron chi connectivity index (χ1n) is 5.02. The Labute approximate surface area is 87.8 Å². The molecule has 2 nitrogen and oxygen atoms in total. The van der Waals surface area contributed by atoms with Crippen LogP contribution in [0.4, 0.5) is 0 Å². The van der Waals surface area contributed by atoms with Gasteiger partial charge in [-0.3, -0.25) is 4.79 Å². The molecular weight excluding hydrogens is 174 g/mol. The number of carbonyl (C=O) groups excluding carboxylic acids is 1. The number of hydrogen-bond donors (Lipinski definition) is 1. The summed E-state index contributed by atoms with van der Waals surface area (Å²) in [5, 5.41) is 3.00. The minimum atomic E-state index is -0.0933. The van der Waals surface area contributed by atoms with Gasteiger partial charge in [0.25, 0.3) is 0 Å². The van der Waals surface area contributed by atoms with E-state index >= 15 is 0 Å². The third-order valence-corrected chi connectivity index (χ3v) is 2.48. The van der Waals surface area contributed by atoms with Crippen molar-refractivity contribution in [1.29, 1.82) is 0 Å². The smallest absolute Gasteiger partial charge is 0.217 e. The lowest BCUT2D eigenvalue weighted by atomic mass is 9.71. The maximum Gasteiger partial charge on any atom is 0.217 e. The van der Waals surface area contributed by atoms with E-state index in [1.807, 2.05) is 6.08 Å². The fourth-order valence-electron chi connectivity index (χ4n) is 1.84. The fraction of sp³-hybridized carbons (Fsp3) is 0.750. The highest BCUT2D eigenvalue weighted by Crippen LogP contribution is 2.34. The molecule has 14 heavy (non-hydrogen) atoms. The Kier molecular flexibility index (Phi) is 3.92. The first kappa shape index (κ1) is 13.2. The molecule has 0 bridgehead atoms. The van der Waals surface area contributed by atoms with Crippen molar-refractivity contribution in [3.05, 3.63) is 12.7 Å². The van der Waals surface area contributed by atoms with Gasteiger partial charge in [-0.05, 0) is 5.41 Å². The van der Waals surface area contributed by atoms with Gasteiger partial charge in [0.05, 0.1) is 0 Å². The maximum absolute atomic E-state index is 11.1. The minimum absolute atomic E-state index is 0.0138. The van der Waals surface area contributed by atoms with Crippen molar-refractivity contribution in [2.75, 3.05) is 0 Å². The molecule has 0 aromatic carbocycles. The van der Waals surface area contributed by atoms with Crippen molar-refractivity contribution in [3.8, 4) is 0 Å². The molecule has 0 aliphatic rings.